The van der Waals surface area contributed by atoms with Gasteiger partial charge in [-0.2, -0.15) is 9.41 Å². The maximum Gasteiger partial charge on any atom is 0.255 e. The molecule has 4 aromatic rings. The normalized spacial score (nSPS) is 11.6. The smallest absolute Gasteiger partial charge is 0.255 e. The number of benzene rings is 4. The third-order valence-electron chi connectivity index (χ3n) is 5.86. The molecule has 0 aromatic heterocycles. The zero-order chi connectivity index (χ0) is 28.4. The molecule has 7 nitrogen and oxygen atoms in total. The van der Waals surface area contributed by atoms with Crippen molar-refractivity contribution in [3.63, 3.8) is 0 Å². The van der Waals surface area contributed by atoms with E-state index in [0.29, 0.717) is 18.8 Å². The van der Waals surface area contributed by atoms with Crippen LogP contribution in [0.5, 0.6) is 5.75 Å². The average molecular weight is 597 g/mol. The molecule has 0 radical (unpaired) electrons. The van der Waals surface area contributed by atoms with Crippen LogP contribution in [0.2, 0.25) is 10.0 Å². The molecule has 0 unspecified atom stereocenters. The van der Waals surface area contributed by atoms with Gasteiger partial charge >= 0.3 is 0 Å². The minimum absolute atomic E-state index is 0.0173. The molecule has 4 rings (SSSR count). The highest BCUT2D eigenvalue weighted by Crippen LogP contribution is 2.28. The number of amides is 1. The molecule has 0 aliphatic rings. The lowest BCUT2D eigenvalue weighted by atomic mass is 10.1. The molecule has 0 saturated heterocycles. The Bertz CT molecular complexity index is 1550. The fourth-order valence-electron chi connectivity index (χ4n) is 3.76. The molecule has 1 N–H and O–H groups in total. The first-order chi connectivity index (χ1) is 19.3. The average Bonchev–Trinajstić information content (AvgIpc) is 2.97. The van der Waals surface area contributed by atoms with Crippen molar-refractivity contribution in [3.05, 3.63) is 130 Å². The van der Waals surface area contributed by atoms with Crippen LogP contribution in [0.15, 0.2) is 113 Å². The second-order valence-electron chi connectivity index (χ2n) is 8.79. The number of rotatable bonds is 12. The van der Waals surface area contributed by atoms with Crippen molar-refractivity contribution in [1.29, 1.82) is 0 Å². The Morgan fingerprint density at radius 1 is 0.875 bits per heavy atom. The van der Waals surface area contributed by atoms with Gasteiger partial charge in [0.2, 0.25) is 10.0 Å². The quantitative estimate of drug-likeness (QED) is 0.162. The number of carbonyl (C=O) groups is 1. The largest absolute Gasteiger partial charge is 0.489 e. The minimum atomic E-state index is -4.14. The summed E-state index contributed by atoms with van der Waals surface area (Å²) in [7, 11) is -4.14. The Morgan fingerprint density at radius 3 is 2.20 bits per heavy atom. The summed E-state index contributed by atoms with van der Waals surface area (Å²) >= 11 is 12.2. The lowest BCUT2D eigenvalue weighted by Crippen LogP contribution is -2.40. The molecule has 0 spiro atoms. The lowest BCUT2D eigenvalue weighted by molar-refractivity contribution is -0.121. The molecule has 0 saturated carbocycles. The Kier molecular flexibility index (Phi) is 10.3. The van der Waals surface area contributed by atoms with E-state index in [9.17, 15) is 13.2 Å². The van der Waals surface area contributed by atoms with Gasteiger partial charge in [-0.05, 0) is 65.6 Å². The van der Waals surface area contributed by atoms with Gasteiger partial charge in [0.15, 0.2) is 0 Å². The molecule has 0 aliphatic heterocycles. The molecule has 0 bridgehead atoms. The predicted octanol–water partition coefficient (Wildman–Crippen LogP) is 5.96. The number of hydrogen-bond acceptors (Lipinski definition) is 5. The molecule has 0 fully saturated rings. The molecule has 40 heavy (non-hydrogen) atoms. The van der Waals surface area contributed by atoms with E-state index in [1.165, 1.54) is 24.4 Å². The molecular weight excluding hydrogens is 569 g/mol. The lowest BCUT2D eigenvalue weighted by Gasteiger charge is -2.22. The molecular formula is C30H27Cl2N3O4S. The Morgan fingerprint density at radius 2 is 1.52 bits per heavy atom. The third-order valence-corrected chi connectivity index (χ3v) is 8.42. The summed E-state index contributed by atoms with van der Waals surface area (Å²) in [6.07, 6.45) is 1.86. The summed E-state index contributed by atoms with van der Waals surface area (Å²) in [5, 5.41) is 4.22. The monoisotopic (exact) mass is 595 g/mol. The van der Waals surface area contributed by atoms with Crippen molar-refractivity contribution < 1.29 is 17.9 Å². The molecule has 206 valence electrons. The van der Waals surface area contributed by atoms with Gasteiger partial charge in [0, 0.05) is 11.6 Å². The van der Waals surface area contributed by atoms with E-state index < -0.39 is 22.5 Å². The van der Waals surface area contributed by atoms with Crippen LogP contribution < -0.4 is 10.2 Å². The number of ether oxygens (including phenoxy) is 1. The van der Waals surface area contributed by atoms with E-state index in [1.54, 1.807) is 24.3 Å². The van der Waals surface area contributed by atoms with Gasteiger partial charge in [-0.25, -0.2) is 13.8 Å². The Hall–Kier alpha value is -3.69. The maximum absolute atomic E-state index is 13.5. The van der Waals surface area contributed by atoms with E-state index in [1.807, 2.05) is 60.7 Å². The number of nitrogens with zero attached hydrogens (tertiary/aromatic N) is 2. The van der Waals surface area contributed by atoms with Crippen LogP contribution in [0.25, 0.3) is 0 Å². The topological polar surface area (TPSA) is 88.1 Å². The first-order valence-electron chi connectivity index (χ1n) is 12.4. The van der Waals surface area contributed by atoms with Crippen molar-refractivity contribution in [2.45, 2.75) is 17.9 Å². The van der Waals surface area contributed by atoms with E-state index >= 15 is 0 Å². The molecule has 4 aromatic carbocycles. The second-order valence-corrected chi connectivity index (χ2v) is 11.5. The van der Waals surface area contributed by atoms with E-state index in [0.717, 1.165) is 21.0 Å². The number of hydrogen-bond donors (Lipinski definition) is 1. The molecule has 0 aliphatic carbocycles. The van der Waals surface area contributed by atoms with Gasteiger partial charge in [-0.3, -0.25) is 4.79 Å². The summed E-state index contributed by atoms with van der Waals surface area (Å²) in [4.78, 5) is 12.6. The highest BCUT2D eigenvalue weighted by molar-refractivity contribution is 7.89. The fourth-order valence-corrected chi connectivity index (χ4v) is 5.90. The van der Waals surface area contributed by atoms with Crippen molar-refractivity contribution in [3.8, 4) is 5.75 Å². The van der Waals surface area contributed by atoms with Gasteiger partial charge in [-0.1, -0.05) is 83.9 Å². The molecule has 0 heterocycles. The van der Waals surface area contributed by atoms with Crippen molar-refractivity contribution in [1.82, 2.24) is 9.73 Å². The highest BCUT2D eigenvalue weighted by atomic mass is 35.5. The van der Waals surface area contributed by atoms with Crippen LogP contribution in [-0.4, -0.2) is 37.9 Å². The first-order valence-corrected chi connectivity index (χ1v) is 14.6. The maximum atomic E-state index is 13.5. The van der Waals surface area contributed by atoms with Crippen LogP contribution in [0.3, 0.4) is 0 Å². The standard InChI is InChI=1S/C30H27Cl2N3O4S/c31-26-13-16-28(32)29(19-26)40(37,38)35(18-17-23-7-3-1-4-8-23)21-30(36)34-33-20-24-11-14-27(15-12-24)39-22-25-9-5-2-6-10-25/h1-16,19-20H,17-18,21-22H2,(H,34,36)/b33-20-. The Labute approximate surface area is 244 Å². The number of nitrogens with one attached hydrogen (secondary N) is 1. The second kappa shape index (κ2) is 14.1. The van der Waals surface area contributed by atoms with E-state index in [-0.39, 0.29) is 21.5 Å². The van der Waals surface area contributed by atoms with Gasteiger partial charge in [0.25, 0.3) is 5.91 Å². The third kappa shape index (κ3) is 8.40. The van der Waals surface area contributed by atoms with Gasteiger partial charge in [0.05, 0.1) is 17.8 Å². The van der Waals surface area contributed by atoms with Crippen LogP contribution in [0.4, 0.5) is 0 Å². The summed E-state index contributed by atoms with van der Waals surface area (Å²) in [6.45, 7) is 0.0484. The van der Waals surface area contributed by atoms with Crippen molar-refractivity contribution in [2.75, 3.05) is 13.1 Å². The zero-order valence-electron chi connectivity index (χ0n) is 21.4. The summed E-state index contributed by atoms with van der Waals surface area (Å²) < 4.78 is 33.8. The van der Waals surface area contributed by atoms with E-state index in [2.05, 4.69) is 10.5 Å². The summed E-state index contributed by atoms with van der Waals surface area (Å²) in [6, 6.07) is 30.6. The SMILES string of the molecule is O=C(CN(CCc1ccccc1)S(=O)(=O)c1cc(Cl)ccc1Cl)N/N=C\c1ccc(OCc2ccccc2)cc1. The first kappa shape index (κ1) is 29.3. The fraction of sp³-hybridized carbons (Fsp3) is 0.133. The van der Waals surface area contributed by atoms with Crippen LogP contribution in [-0.2, 0) is 27.8 Å². The zero-order valence-corrected chi connectivity index (χ0v) is 23.7. The molecule has 1 amide bonds. The van der Waals surface area contributed by atoms with Gasteiger partial charge in [-0.15, -0.1) is 0 Å². The van der Waals surface area contributed by atoms with Crippen molar-refractivity contribution in [2.24, 2.45) is 5.10 Å². The molecule has 10 heteroatoms. The summed E-state index contributed by atoms with van der Waals surface area (Å²) in [5.41, 5.74) is 5.12. The van der Waals surface area contributed by atoms with E-state index in [4.69, 9.17) is 27.9 Å². The van der Waals surface area contributed by atoms with Crippen LogP contribution in [0.1, 0.15) is 16.7 Å². The Balaban J connectivity index is 1.39. The van der Waals surface area contributed by atoms with Crippen LogP contribution >= 0.6 is 23.2 Å². The van der Waals surface area contributed by atoms with Crippen LogP contribution in [0, 0.1) is 0 Å². The number of hydrazone groups is 1. The van der Waals surface area contributed by atoms with Gasteiger partial charge in [0.1, 0.15) is 17.3 Å². The number of halogens is 2. The number of sulfonamides is 1. The molecule has 0 atom stereocenters. The van der Waals surface area contributed by atoms with Gasteiger partial charge < -0.3 is 4.74 Å². The number of carbonyl (C=O) groups excluding carboxylic acids is 1. The summed E-state index contributed by atoms with van der Waals surface area (Å²) in [5.74, 6) is 0.0952. The highest BCUT2D eigenvalue weighted by Gasteiger charge is 2.29. The predicted molar refractivity (Wildman–Crippen MR) is 158 cm³/mol. The van der Waals surface area contributed by atoms with Crippen molar-refractivity contribution >= 4 is 45.3 Å². The minimum Gasteiger partial charge on any atom is -0.489 e.